The number of hydrogen-bond acceptors (Lipinski definition) is 4. The third-order valence-electron chi connectivity index (χ3n) is 4.36. The van der Waals surface area contributed by atoms with Gasteiger partial charge in [0.1, 0.15) is 16.5 Å². The number of fused-ring (bicyclic) bond motifs is 1. The highest BCUT2D eigenvalue weighted by molar-refractivity contribution is 7.15. The zero-order chi connectivity index (χ0) is 18.1. The molecular weight excluding hydrogens is 353 g/mol. The average molecular weight is 369 g/mol. The highest BCUT2D eigenvalue weighted by Crippen LogP contribution is 2.37. The van der Waals surface area contributed by atoms with Gasteiger partial charge in [-0.3, -0.25) is 9.59 Å². The summed E-state index contributed by atoms with van der Waals surface area (Å²) in [6.45, 7) is 0. The van der Waals surface area contributed by atoms with E-state index in [1.165, 1.54) is 18.2 Å². The van der Waals surface area contributed by atoms with E-state index in [0.717, 1.165) is 40.4 Å². The number of halogens is 1. The summed E-state index contributed by atoms with van der Waals surface area (Å²) in [6, 6.07) is 10.6. The number of carbonyl (C=O) groups excluding carboxylic acids is 1. The standard InChI is InChI=1S/C19H16FN3O2S/c20-12-9-7-11(8-10-12)19-23-17-13(3-1-5-15(17)26-19)22-18(25)14-4-2-6-16(24)21-14/h2,4,6-10,13H,1,3,5H2,(H,21,24)(H,22,25). The van der Waals surface area contributed by atoms with Crippen molar-refractivity contribution in [1.29, 1.82) is 0 Å². The molecule has 0 saturated heterocycles. The van der Waals surface area contributed by atoms with E-state index >= 15 is 0 Å². The zero-order valence-corrected chi connectivity index (χ0v) is 14.6. The summed E-state index contributed by atoms with van der Waals surface area (Å²) in [5.41, 5.74) is 1.66. The minimum absolute atomic E-state index is 0.194. The highest BCUT2D eigenvalue weighted by Gasteiger charge is 2.27. The van der Waals surface area contributed by atoms with Gasteiger partial charge < -0.3 is 10.3 Å². The summed E-state index contributed by atoms with van der Waals surface area (Å²) in [5.74, 6) is -0.603. The third-order valence-corrected chi connectivity index (χ3v) is 5.54. The van der Waals surface area contributed by atoms with Crippen molar-refractivity contribution in [2.24, 2.45) is 0 Å². The Morgan fingerprint density at radius 2 is 2.04 bits per heavy atom. The first-order valence-corrected chi connectivity index (χ1v) is 9.17. The molecule has 1 unspecified atom stereocenters. The second-order valence-corrected chi connectivity index (χ2v) is 7.26. The fourth-order valence-corrected chi connectivity index (χ4v) is 4.26. The normalized spacial score (nSPS) is 16.1. The number of aromatic nitrogens is 2. The van der Waals surface area contributed by atoms with Gasteiger partial charge in [-0.05, 0) is 49.6 Å². The van der Waals surface area contributed by atoms with E-state index in [9.17, 15) is 14.0 Å². The minimum atomic E-state index is -0.322. The van der Waals surface area contributed by atoms with Gasteiger partial charge in [0, 0.05) is 16.5 Å². The summed E-state index contributed by atoms with van der Waals surface area (Å²) in [7, 11) is 0. The first kappa shape index (κ1) is 16.7. The molecule has 5 nitrogen and oxygen atoms in total. The lowest BCUT2D eigenvalue weighted by Gasteiger charge is -2.22. The number of thiazole rings is 1. The van der Waals surface area contributed by atoms with Crippen LogP contribution < -0.4 is 10.9 Å². The van der Waals surface area contributed by atoms with E-state index < -0.39 is 0 Å². The fourth-order valence-electron chi connectivity index (χ4n) is 3.09. The number of carbonyl (C=O) groups is 1. The van der Waals surface area contributed by atoms with Gasteiger partial charge in [0.25, 0.3) is 5.91 Å². The summed E-state index contributed by atoms with van der Waals surface area (Å²) in [4.78, 5) is 32.2. The number of H-pyrrole nitrogens is 1. The van der Waals surface area contributed by atoms with Gasteiger partial charge in [0.05, 0.1) is 11.7 Å². The topological polar surface area (TPSA) is 74.8 Å². The number of hydrogen-bond donors (Lipinski definition) is 2. The molecule has 0 saturated carbocycles. The molecular formula is C19H16FN3O2S. The molecule has 2 aromatic heterocycles. The average Bonchev–Trinajstić information content (AvgIpc) is 3.07. The summed E-state index contributed by atoms with van der Waals surface area (Å²) < 4.78 is 13.1. The molecule has 1 atom stereocenters. The van der Waals surface area contributed by atoms with Crippen molar-refractivity contribution < 1.29 is 9.18 Å². The third kappa shape index (κ3) is 3.30. The number of benzene rings is 1. The zero-order valence-electron chi connectivity index (χ0n) is 13.8. The van der Waals surface area contributed by atoms with E-state index in [1.54, 1.807) is 35.6 Å². The molecule has 1 amide bonds. The van der Waals surface area contributed by atoms with Gasteiger partial charge in [-0.1, -0.05) is 6.07 Å². The van der Waals surface area contributed by atoms with Crippen molar-refractivity contribution in [1.82, 2.24) is 15.3 Å². The predicted molar refractivity (Wildman–Crippen MR) is 97.7 cm³/mol. The van der Waals surface area contributed by atoms with E-state index in [0.29, 0.717) is 0 Å². The Balaban J connectivity index is 1.60. The van der Waals surface area contributed by atoms with E-state index in [4.69, 9.17) is 4.98 Å². The molecule has 4 rings (SSSR count). The molecule has 7 heteroatoms. The van der Waals surface area contributed by atoms with Crippen LogP contribution in [0, 0.1) is 5.82 Å². The molecule has 2 N–H and O–H groups in total. The molecule has 0 aliphatic heterocycles. The van der Waals surface area contributed by atoms with E-state index in [2.05, 4.69) is 10.3 Å². The van der Waals surface area contributed by atoms with Crippen LogP contribution >= 0.6 is 11.3 Å². The van der Waals surface area contributed by atoms with Crippen LogP contribution in [0.4, 0.5) is 4.39 Å². The summed E-state index contributed by atoms with van der Waals surface area (Å²) in [5, 5.41) is 3.79. The SMILES string of the molecule is O=C(NC1CCCc2sc(-c3ccc(F)cc3)nc21)c1cccc(=O)[nH]1. The Morgan fingerprint density at radius 3 is 2.81 bits per heavy atom. The quantitative estimate of drug-likeness (QED) is 0.743. The fraction of sp³-hybridized carbons (Fsp3) is 0.211. The summed E-state index contributed by atoms with van der Waals surface area (Å²) in [6.07, 6.45) is 2.67. The largest absolute Gasteiger partial charge is 0.342 e. The van der Waals surface area contributed by atoms with Gasteiger partial charge in [-0.25, -0.2) is 9.37 Å². The predicted octanol–water partition coefficient (Wildman–Crippen LogP) is 3.44. The van der Waals surface area contributed by atoms with Gasteiger partial charge in [0.15, 0.2) is 0 Å². The highest BCUT2D eigenvalue weighted by atomic mass is 32.1. The Morgan fingerprint density at radius 1 is 1.23 bits per heavy atom. The van der Waals surface area contributed by atoms with Crippen molar-refractivity contribution in [2.45, 2.75) is 25.3 Å². The molecule has 0 bridgehead atoms. The Kier molecular flexibility index (Phi) is 4.38. The Labute approximate surface area is 152 Å². The molecule has 26 heavy (non-hydrogen) atoms. The Hall–Kier alpha value is -2.80. The van der Waals surface area contributed by atoms with Crippen molar-refractivity contribution >= 4 is 17.2 Å². The second-order valence-electron chi connectivity index (χ2n) is 6.18. The number of aryl methyl sites for hydroxylation is 1. The van der Waals surface area contributed by atoms with Crippen molar-refractivity contribution in [3.63, 3.8) is 0 Å². The van der Waals surface area contributed by atoms with Crippen LogP contribution in [0.1, 0.15) is 39.9 Å². The number of pyridine rings is 1. The second kappa shape index (κ2) is 6.84. The van der Waals surface area contributed by atoms with Gasteiger partial charge in [0.2, 0.25) is 5.56 Å². The molecule has 1 aliphatic carbocycles. The van der Waals surface area contributed by atoms with Crippen LogP contribution in [0.2, 0.25) is 0 Å². The van der Waals surface area contributed by atoms with Crippen LogP contribution in [-0.2, 0) is 6.42 Å². The smallest absolute Gasteiger partial charge is 0.268 e. The van der Waals surface area contributed by atoms with Crippen LogP contribution in [0.15, 0.2) is 47.3 Å². The van der Waals surface area contributed by atoms with Crippen LogP contribution in [0.3, 0.4) is 0 Å². The van der Waals surface area contributed by atoms with Crippen molar-refractivity contribution in [2.75, 3.05) is 0 Å². The van der Waals surface area contributed by atoms with E-state index in [-0.39, 0.29) is 29.0 Å². The van der Waals surface area contributed by atoms with Crippen LogP contribution in [0.25, 0.3) is 10.6 Å². The van der Waals surface area contributed by atoms with Crippen LogP contribution in [-0.4, -0.2) is 15.9 Å². The van der Waals surface area contributed by atoms with Crippen molar-refractivity contribution in [3.8, 4) is 10.6 Å². The molecule has 3 aromatic rings. The number of aromatic amines is 1. The summed E-state index contributed by atoms with van der Waals surface area (Å²) >= 11 is 1.58. The van der Waals surface area contributed by atoms with Gasteiger partial charge >= 0.3 is 0 Å². The molecule has 0 fully saturated rings. The maximum absolute atomic E-state index is 13.1. The molecule has 0 spiro atoms. The molecule has 1 aromatic carbocycles. The lowest BCUT2D eigenvalue weighted by atomic mass is 9.97. The molecule has 1 aliphatic rings. The number of nitrogens with zero attached hydrogens (tertiary/aromatic N) is 1. The molecule has 132 valence electrons. The monoisotopic (exact) mass is 369 g/mol. The maximum Gasteiger partial charge on any atom is 0.268 e. The van der Waals surface area contributed by atoms with E-state index in [1.807, 2.05) is 0 Å². The number of rotatable bonds is 3. The first-order chi connectivity index (χ1) is 12.6. The minimum Gasteiger partial charge on any atom is -0.342 e. The van der Waals surface area contributed by atoms with Gasteiger partial charge in [-0.2, -0.15) is 0 Å². The number of amides is 1. The van der Waals surface area contributed by atoms with Crippen molar-refractivity contribution in [3.05, 3.63) is 74.9 Å². The maximum atomic E-state index is 13.1. The van der Waals surface area contributed by atoms with Crippen LogP contribution in [0.5, 0.6) is 0 Å². The molecule has 0 radical (unpaired) electrons. The first-order valence-electron chi connectivity index (χ1n) is 8.36. The lowest BCUT2D eigenvalue weighted by Crippen LogP contribution is -2.32. The number of nitrogens with one attached hydrogen (secondary N) is 2. The molecule has 2 heterocycles. The van der Waals surface area contributed by atoms with Gasteiger partial charge in [-0.15, -0.1) is 11.3 Å². The lowest BCUT2D eigenvalue weighted by molar-refractivity contribution is 0.0926. The Bertz CT molecular complexity index is 1010.